The third-order valence-corrected chi connectivity index (χ3v) is 5.17. The maximum Gasteiger partial charge on any atom is 0.343 e. The molecule has 32 heavy (non-hydrogen) atoms. The van der Waals surface area contributed by atoms with Crippen LogP contribution in [0.15, 0.2) is 72.8 Å². The second-order valence-electron chi connectivity index (χ2n) is 7.63. The third kappa shape index (κ3) is 7.22. The summed E-state index contributed by atoms with van der Waals surface area (Å²) < 4.78 is 11.4. The number of hydrogen-bond donors (Lipinski definition) is 1. The van der Waals surface area contributed by atoms with Gasteiger partial charge >= 0.3 is 5.97 Å². The summed E-state index contributed by atoms with van der Waals surface area (Å²) in [6.45, 7) is 3.02. The molecule has 0 saturated carbocycles. The molecule has 0 fully saturated rings. The highest BCUT2D eigenvalue weighted by molar-refractivity contribution is 5.96. The average molecular weight is 435 g/mol. The van der Waals surface area contributed by atoms with Gasteiger partial charge in [-0.05, 0) is 85.3 Å². The monoisotopic (exact) mass is 434 g/mol. The van der Waals surface area contributed by atoms with Crippen molar-refractivity contribution in [2.24, 2.45) is 0 Å². The van der Waals surface area contributed by atoms with Crippen molar-refractivity contribution >= 4 is 16.7 Å². The standard InChI is InChI=1S/C27H30O5/c1-2-3-8-21-9-14-25(15-10-21)32-27(28)24-12-11-23-20-26(16-13-22(23)19-24)30-17-6-4-5-7-18-31-29/h2-3,9-16,19-20,29H,4-8,17-18H2,1H3/b3-2-. The normalized spacial score (nSPS) is 11.2. The van der Waals surface area contributed by atoms with Gasteiger partial charge in [-0.15, -0.1) is 0 Å². The van der Waals surface area contributed by atoms with E-state index in [1.807, 2.05) is 67.6 Å². The lowest BCUT2D eigenvalue weighted by Gasteiger charge is -2.09. The van der Waals surface area contributed by atoms with E-state index in [9.17, 15) is 4.79 Å². The molecule has 0 radical (unpaired) electrons. The maximum atomic E-state index is 12.6. The summed E-state index contributed by atoms with van der Waals surface area (Å²) >= 11 is 0. The first kappa shape index (κ1) is 23.5. The van der Waals surface area contributed by atoms with Crippen LogP contribution in [0.4, 0.5) is 0 Å². The van der Waals surface area contributed by atoms with Gasteiger partial charge in [0.15, 0.2) is 0 Å². The zero-order valence-electron chi connectivity index (χ0n) is 18.5. The Hall–Kier alpha value is -3.15. The van der Waals surface area contributed by atoms with Gasteiger partial charge in [0.05, 0.1) is 18.8 Å². The number of carbonyl (C=O) groups excluding carboxylic acids is 1. The van der Waals surface area contributed by atoms with Crippen molar-refractivity contribution in [3.8, 4) is 11.5 Å². The second kappa shape index (κ2) is 12.6. The van der Waals surface area contributed by atoms with E-state index in [2.05, 4.69) is 11.0 Å². The lowest BCUT2D eigenvalue weighted by molar-refractivity contribution is -0.242. The van der Waals surface area contributed by atoms with Crippen LogP contribution in [-0.2, 0) is 11.3 Å². The number of benzene rings is 3. The molecule has 3 aromatic carbocycles. The zero-order valence-corrected chi connectivity index (χ0v) is 18.5. The van der Waals surface area contributed by atoms with E-state index in [0.717, 1.165) is 48.6 Å². The van der Waals surface area contributed by atoms with Crippen LogP contribution in [-0.4, -0.2) is 24.4 Å². The van der Waals surface area contributed by atoms with Crippen LogP contribution >= 0.6 is 0 Å². The Morgan fingerprint density at radius 3 is 2.28 bits per heavy atom. The van der Waals surface area contributed by atoms with Crippen molar-refractivity contribution < 1.29 is 24.4 Å². The Morgan fingerprint density at radius 1 is 0.844 bits per heavy atom. The van der Waals surface area contributed by atoms with Gasteiger partial charge in [0.2, 0.25) is 0 Å². The molecule has 0 heterocycles. The fourth-order valence-electron chi connectivity index (χ4n) is 3.37. The van der Waals surface area contributed by atoms with E-state index in [0.29, 0.717) is 24.5 Å². The van der Waals surface area contributed by atoms with Crippen molar-refractivity contribution in [1.82, 2.24) is 0 Å². The molecule has 0 aliphatic rings. The molecule has 5 heteroatoms. The number of unbranched alkanes of at least 4 members (excludes halogenated alkanes) is 3. The Morgan fingerprint density at radius 2 is 1.53 bits per heavy atom. The smallest absolute Gasteiger partial charge is 0.343 e. The SMILES string of the molecule is C/C=C\Cc1ccc(OC(=O)c2ccc3cc(OCCCCCCOO)ccc3c2)cc1. The topological polar surface area (TPSA) is 65.0 Å². The van der Waals surface area contributed by atoms with Crippen LogP contribution < -0.4 is 9.47 Å². The molecule has 0 aliphatic heterocycles. The minimum Gasteiger partial charge on any atom is -0.494 e. The first-order valence-corrected chi connectivity index (χ1v) is 11.0. The molecule has 0 saturated heterocycles. The summed E-state index contributed by atoms with van der Waals surface area (Å²) in [6, 6.07) is 19.0. The van der Waals surface area contributed by atoms with E-state index in [1.165, 1.54) is 5.56 Å². The molecule has 3 aromatic rings. The van der Waals surface area contributed by atoms with Crippen molar-refractivity contribution in [3.63, 3.8) is 0 Å². The predicted octanol–water partition coefficient (Wildman–Crippen LogP) is 6.61. The lowest BCUT2D eigenvalue weighted by atomic mass is 10.1. The van der Waals surface area contributed by atoms with E-state index in [4.69, 9.17) is 14.7 Å². The highest BCUT2D eigenvalue weighted by Crippen LogP contribution is 2.23. The van der Waals surface area contributed by atoms with E-state index < -0.39 is 0 Å². The Kier molecular flexibility index (Phi) is 9.29. The van der Waals surface area contributed by atoms with E-state index >= 15 is 0 Å². The largest absolute Gasteiger partial charge is 0.494 e. The Balaban J connectivity index is 1.54. The Bertz CT molecular complexity index is 1020. The van der Waals surface area contributed by atoms with E-state index in [1.54, 1.807) is 6.07 Å². The zero-order chi connectivity index (χ0) is 22.6. The summed E-state index contributed by atoms with van der Waals surface area (Å²) in [5.41, 5.74) is 1.68. The number of ether oxygens (including phenoxy) is 2. The first-order valence-electron chi connectivity index (χ1n) is 11.0. The van der Waals surface area contributed by atoms with Crippen LogP contribution in [0.1, 0.15) is 48.5 Å². The number of carbonyl (C=O) groups is 1. The second-order valence-corrected chi connectivity index (χ2v) is 7.63. The molecule has 5 nitrogen and oxygen atoms in total. The first-order chi connectivity index (χ1) is 15.7. The number of rotatable bonds is 12. The summed E-state index contributed by atoms with van der Waals surface area (Å²) in [6.07, 6.45) is 8.79. The molecule has 1 N–H and O–H groups in total. The fraction of sp³-hybridized carbons (Fsp3) is 0.296. The molecule has 0 bridgehead atoms. The van der Waals surface area contributed by atoms with Crippen molar-refractivity contribution in [3.05, 3.63) is 83.9 Å². The highest BCUT2D eigenvalue weighted by atomic mass is 17.1. The van der Waals surface area contributed by atoms with Crippen molar-refractivity contribution in [1.29, 1.82) is 0 Å². The molecule has 0 atom stereocenters. The molecule has 0 unspecified atom stereocenters. The van der Waals surface area contributed by atoms with Gasteiger partial charge in [-0.25, -0.2) is 9.68 Å². The summed E-state index contributed by atoms with van der Waals surface area (Å²) in [4.78, 5) is 16.6. The summed E-state index contributed by atoms with van der Waals surface area (Å²) in [5, 5.41) is 10.3. The van der Waals surface area contributed by atoms with Gasteiger partial charge < -0.3 is 9.47 Å². The van der Waals surface area contributed by atoms with Gasteiger partial charge in [0, 0.05) is 0 Å². The summed E-state index contributed by atoms with van der Waals surface area (Å²) in [7, 11) is 0. The van der Waals surface area contributed by atoms with Crippen LogP contribution in [0.3, 0.4) is 0 Å². The molecule has 0 amide bonds. The van der Waals surface area contributed by atoms with Gasteiger partial charge in [-0.1, -0.05) is 42.8 Å². The van der Waals surface area contributed by atoms with Crippen molar-refractivity contribution in [2.45, 2.75) is 39.0 Å². The maximum absolute atomic E-state index is 12.6. The minimum absolute atomic E-state index is 0.375. The molecule has 168 valence electrons. The molecule has 0 aliphatic carbocycles. The molecule has 3 rings (SSSR count). The van der Waals surface area contributed by atoms with Gasteiger partial charge in [0.25, 0.3) is 0 Å². The van der Waals surface area contributed by atoms with Crippen LogP contribution in [0, 0.1) is 0 Å². The third-order valence-electron chi connectivity index (χ3n) is 5.17. The summed E-state index contributed by atoms with van der Waals surface area (Å²) in [5.74, 6) is 0.969. The fourth-order valence-corrected chi connectivity index (χ4v) is 3.37. The van der Waals surface area contributed by atoms with Gasteiger partial charge in [0.1, 0.15) is 11.5 Å². The van der Waals surface area contributed by atoms with Gasteiger partial charge in [-0.2, -0.15) is 0 Å². The molecule has 0 aromatic heterocycles. The number of allylic oxidation sites excluding steroid dienone is 2. The van der Waals surface area contributed by atoms with Crippen LogP contribution in [0.5, 0.6) is 11.5 Å². The lowest BCUT2D eigenvalue weighted by Crippen LogP contribution is -2.08. The number of fused-ring (bicyclic) bond motifs is 1. The quantitative estimate of drug-likeness (QED) is 0.0868. The highest BCUT2D eigenvalue weighted by Gasteiger charge is 2.10. The van der Waals surface area contributed by atoms with E-state index in [-0.39, 0.29) is 5.97 Å². The van der Waals surface area contributed by atoms with Crippen LogP contribution in [0.2, 0.25) is 0 Å². The molecular formula is C27H30O5. The molecule has 0 spiro atoms. The van der Waals surface area contributed by atoms with Gasteiger partial charge in [-0.3, -0.25) is 5.26 Å². The molecular weight excluding hydrogens is 404 g/mol. The average Bonchev–Trinajstić information content (AvgIpc) is 2.82. The predicted molar refractivity (Wildman–Crippen MR) is 126 cm³/mol. The van der Waals surface area contributed by atoms with Crippen LogP contribution in [0.25, 0.3) is 10.8 Å². The number of esters is 1. The number of hydrogen-bond acceptors (Lipinski definition) is 5. The van der Waals surface area contributed by atoms with Crippen molar-refractivity contribution in [2.75, 3.05) is 13.2 Å². The minimum atomic E-state index is -0.375. The Labute approximate surface area is 189 Å².